The first-order valence-corrected chi connectivity index (χ1v) is 9.37. The predicted octanol–water partition coefficient (Wildman–Crippen LogP) is 3.00. The summed E-state index contributed by atoms with van der Waals surface area (Å²) in [6, 6.07) is 0. The van der Waals surface area contributed by atoms with Gasteiger partial charge in [-0.1, -0.05) is 45.4 Å². The van der Waals surface area contributed by atoms with Crippen LogP contribution in [0.1, 0.15) is 51.9 Å². The Bertz CT molecular complexity index is 268. The molecule has 18 heavy (non-hydrogen) atoms. The largest absolute Gasteiger partial charge is 0.241 e. The van der Waals surface area contributed by atoms with Crippen molar-refractivity contribution in [2.75, 3.05) is 30.5 Å². The molecule has 0 unspecified atom stereocenters. The Balaban J connectivity index is 3.21. The maximum Gasteiger partial charge on any atom is 0.152 e. The van der Waals surface area contributed by atoms with Crippen LogP contribution in [-0.4, -0.2) is 38.9 Å². The van der Waals surface area contributed by atoms with E-state index in [4.69, 9.17) is 11.6 Å². The van der Waals surface area contributed by atoms with E-state index in [1.165, 1.54) is 38.5 Å². The molecule has 5 heteroatoms. The van der Waals surface area contributed by atoms with Crippen molar-refractivity contribution in [3.63, 3.8) is 0 Å². The van der Waals surface area contributed by atoms with E-state index in [1.807, 2.05) is 0 Å². The molecular weight excluding hydrogens is 270 g/mol. The summed E-state index contributed by atoms with van der Waals surface area (Å²) < 4.78 is 22.6. The molecule has 3 nitrogen and oxygen atoms in total. The zero-order chi connectivity index (χ0) is 13.7. The molecule has 0 heterocycles. The van der Waals surface area contributed by atoms with Gasteiger partial charge in [0.05, 0.1) is 11.5 Å². The number of unbranched alkanes of at least 4 members (excludes halogenated alkanes) is 6. The van der Waals surface area contributed by atoms with Crippen molar-refractivity contribution in [1.29, 1.82) is 0 Å². The van der Waals surface area contributed by atoms with Crippen LogP contribution in [0, 0.1) is 0 Å². The highest BCUT2D eigenvalue weighted by atomic mass is 35.5. The minimum absolute atomic E-state index is 0.0709. The summed E-state index contributed by atoms with van der Waals surface area (Å²) in [5.74, 6) is 0.401. The summed E-state index contributed by atoms with van der Waals surface area (Å²) in [4.78, 5) is 0. The van der Waals surface area contributed by atoms with Gasteiger partial charge in [0.2, 0.25) is 0 Å². The molecule has 109 valence electrons. The molecule has 0 aromatic heterocycles. The van der Waals surface area contributed by atoms with Crippen LogP contribution in [0.5, 0.6) is 0 Å². The lowest BCUT2D eigenvalue weighted by Crippen LogP contribution is -2.21. The van der Waals surface area contributed by atoms with Crippen LogP contribution >= 0.6 is 11.6 Å². The number of halogens is 1. The lowest BCUT2D eigenvalue weighted by Gasteiger charge is -2.03. The van der Waals surface area contributed by atoms with Crippen LogP contribution in [0.25, 0.3) is 0 Å². The van der Waals surface area contributed by atoms with Gasteiger partial charge in [0.1, 0.15) is 0 Å². The van der Waals surface area contributed by atoms with E-state index in [2.05, 4.69) is 12.2 Å². The number of nitrogens with zero attached hydrogens (tertiary/aromatic N) is 1. The highest BCUT2D eigenvalue weighted by Gasteiger charge is 2.08. The topological polar surface area (TPSA) is 48.2 Å². The molecule has 0 aromatic carbocycles. The molecule has 0 rings (SSSR count). The Morgan fingerprint density at radius 3 is 2.11 bits per heavy atom. The molecule has 0 fully saturated rings. The van der Waals surface area contributed by atoms with Gasteiger partial charge >= 0.3 is 0 Å². The second-order valence-electron chi connectivity index (χ2n) is 4.63. The van der Waals surface area contributed by atoms with Crippen molar-refractivity contribution >= 4 is 21.4 Å². The van der Waals surface area contributed by atoms with Gasteiger partial charge in [-0.15, -0.1) is 11.6 Å². The van der Waals surface area contributed by atoms with Crippen LogP contribution in [0.15, 0.2) is 0 Å². The number of rotatable bonds is 13. The molecule has 0 amide bonds. The third-order valence-electron chi connectivity index (χ3n) is 2.87. The lowest BCUT2D eigenvalue weighted by atomic mass is 10.1. The zero-order valence-corrected chi connectivity index (χ0v) is 13.1. The molecule has 1 radical (unpaired) electrons. The highest BCUT2D eigenvalue weighted by molar-refractivity contribution is 7.91. The second-order valence-corrected chi connectivity index (χ2v) is 7.31. The van der Waals surface area contributed by atoms with Crippen LogP contribution in [0.3, 0.4) is 0 Å². The third-order valence-corrected chi connectivity index (χ3v) is 4.91. The van der Waals surface area contributed by atoms with Crippen LogP contribution in [-0.2, 0) is 9.84 Å². The first-order chi connectivity index (χ1) is 8.62. The van der Waals surface area contributed by atoms with Gasteiger partial charge < -0.3 is 0 Å². The molecule has 0 bridgehead atoms. The Morgan fingerprint density at radius 2 is 1.50 bits per heavy atom. The van der Waals surface area contributed by atoms with Crippen LogP contribution in [0.4, 0.5) is 0 Å². The number of sulfone groups is 1. The Kier molecular flexibility index (Phi) is 12.4. The van der Waals surface area contributed by atoms with E-state index < -0.39 is 9.84 Å². The maximum absolute atomic E-state index is 11.3. The molecule has 0 atom stereocenters. The summed E-state index contributed by atoms with van der Waals surface area (Å²) >= 11 is 5.41. The number of alkyl halides is 1. The average molecular weight is 297 g/mol. The van der Waals surface area contributed by atoms with Gasteiger partial charge in [-0.2, -0.15) is 0 Å². The summed E-state index contributed by atoms with van der Waals surface area (Å²) in [6.07, 6.45) is 8.85. The molecule has 0 aliphatic carbocycles. The molecule has 0 aliphatic rings. The van der Waals surface area contributed by atoms with E-state index in [9.17, 15) is 8.42 Å². The fourth-order valence-corrected chi connectivity index (χ4v) is 3.27. The van der Waals surface area contributed by atoms with Crippen LogP contribution in [0.2, 0.25) is 0 Å². The molecule has 0 saturated heterocycles. The highest BCUT2D eigenvalue weighted by Crippen LogP contribution is 2.06. The minimum atomic E-state index is -2.97. The summed E-state index contributed by atoms with van der Waals surface area (Å²) in [7, 11) is -2.97. The summed E-state index contributed by atoms with van der Waals surface area (Å²) in [6.45, 7) is 3.44. The van der Waals surface area contributed by atoms with Crippen molar-refractivity contribution in [3.8, 4) is 0 Å². The third kappa shape index (κ3) is 12.7. The van der Waals surface area contributed by atoms with E-state index >= 15 is 0 Å². The smallest absolute Gasteiger partial charge is 0.152 e. The van der Waals surface area contributed by atoms with E-state index in [1.54, 1.807) is 0 Å². The Hall–Kier alpha value is 0.200. The summed E-state index contributed by atoms with van der Waals surface area (Å²) in [5.41, 5.74) is 0. The first-order valence-electron chi connectivity index (χ1n) is 7.02. The quantitative estimate of drug-likeness (QED) is 0.387. The molecule has 0 aliphatic heterocycles. The average Bonchev–Trinajstić information content (AvgIpc) is 2.31. The summed E-state index contributed by atoms with van der Waals surface area (Å²) in [5, 5.41) is 4.25. The van der Waals surface area contributed by atoms with Crippen LogP contribution < -0.4 is 5.32 Å². The van der Waals surface area contributed by atoms with Crippen molar-refractivity contribution in [2.24, 2.45) is 0 Å². The van der Waals surface area contributed by atoms with E-state index in [0.717, 1.165) is 13.0 Å². The normalized spacial score (nSPS) is 11.9. The fraction of sp³-hybridized carbons (Fsp3) is 1.00. The Labute approximate surface area is 118 Å². The lowest BCUT2D eigenvalue weighted by molar-refractivity contribution is 0.560. The van der Waals surface area contributed by atoms with Gasteiger partial charge in [-0.3, -0.25) is 0 Å². The molecule has 0 saturated carbocycles. The van der Waals surface area contributed by atoms with Crippen molar-refractivity contribution < 1.29 is 8.42 Å². The van der Waals surface area contributed by atoms with Gasteiger partial charge in [0.15, 0.2) is 9.84 Å². The van der Waals surface area contributed by atoms with Crippen molar-refractivity contribution in [2.45, 2.75) is 51.9 Å². The van der Waals surface area contributed by atoms with Gasteiger partial charge in [-0.05, 0) is 6.42 Å². The van der Waals surface area contributed by atoms with Gasteiger partial charge in [0, 0.05) is 19.0 Å². The maximum atomic E-state index is 11.3. The minimum Gasteiger partial charge on any atom is -0.241 e. The second kappa shape index (κ2) is 12.2. The van der Waals surface area contributed by atoms with Gasteiger partial charge in [-0.25, -0.2) is 13.7 Å². The predicted molar refractivity (Wildman–Crippen MR) is 79.2 cm³/mol. The monoisotopic (exact) mass is 296 g/mol. The Morgan fingerprint density at radius 1 is 0.889 bits per heavy atom. The van der Waals surface area contributed by atoms with E-state index in [0.29, 0.717) is 6.54 Å². The van der Waals surface area contributed by atoms with Gasteiger partial charge in [0.25, 0.3) is 0 Å². The molecule has 0 spiro atoms. The van der Waals surface area contributed by atoms with Crippen molar-refractivity contribution in [1.82, 2.24) is 5.32 Å². The molecular formula is C13H27ClNO2S. The zero-order valence-electron chi connectivity index (χ0n) is 11.5. The fourth-order valence-electron chi connectivity index (χ4n) is 1.72. The molecule has 0 aromatic rings. The first kappa shape index (κ1) is 18.2. The number of hydrogen-bond donors (Lipinski definition) is 0. The van der Waals surface area contributed by atoms with E-state index in [-0.39, 0.29) is 17.4 Å². The van der Waals surface area contributed by atoms with Crippen molar-refractivity contribution in [3.05, 3.63) is 0 Å². The molecule has 0 N–H and O–H groups in total. The SMILES string of the molecule is CCCCCCCCC[N]CCS(=O)(=O)CCCl. The number of hydrogen-bond acceptors (Lipinski definition) is 2. The standard InChI is InChI=1S/C13H27ClNO2S/c1-2-3-4-5-6-7-8-10-15-11-13-18(16,17)12-9-14/h2-13H2,1H3.